The third-order valence-electron chi connectivity index (χ3n) is 3.16. The van der Waals surface area contributed by atoms with E-state index < -0.39 is 24.1 Å². The second kappa shape index (κ2) is 7.31. The van der Waals surface area contributed by atoms with Crippen LogP contribution in [-0.2, 0) is 9.53 Å². The van der Waals surface area contributed by atoms with E-state index in [4.69, 9.17) is 10.5 Å². The first-order valence-electron chi connectivity index (χ1n) is 6.42. The first-order chi connectivity index (χ1) is 9.78. The molecule has 0 aliphatic carbocycles. The summed E-state index contributed by atoms with van der Waals surface area (Å²) >= 11 is 0. The van der Waals surface area contributed by atoms with E-state index in [-0.39, 0.29) is 12.4 Å². The summed E-state index contributed by atoms with van der Waals surface area (Å²) in [7, 11) is 1.46. The first-order valence-corrected chi connectivity index (χ1v) is 6.42. The number of methoxy groups -OCH3 is 1. The predicted octanol–water partition coefficient (Wildman–Crippen LogP) is 2.83. The Hall–Kier alpha value is -1.76. The maximum atomic E-state index is 12.3. The monoisotopic (exact) mass is 305 g/mol. The van der Waals surface area contributed by atoms with E-state index in [0.29, 0.717) is 12.0 Å². The Kier molecular flexibility index (Phi) is 6.02. The number of primary amides is 1. The van der Waals surface area contributed by atoms with Gasteiger partial charge in [-0.25, -0.2) is 0 Å². The van der Waals surface area contributed by atoms with Crippen molar-refractivity contribution in [1.29, 1.82) is 0 Å². The van der Waals surface area contributed by atoms with Gasteiger partial charge >= 0.3 is 6.36 Å². The molecule has 1 amide bonds. The summed E-state index contributed by atoms with van der Waals surface area (Å²) in [5, 5.41) is 0. The lowest BCUT2D eigenvalue weighted by Crippen LogP contribution is -2.30. The molecular weight excluding hydrogens is 287 g/mol. The van der Waals surface area contributed by atoms with Gasteiger partial charge in [0, 0.05) is 18.9 Å². The van der Waals surface area contributed by atoms with Gasteiger partial charge in [-0.3, -0.25) is 4.79 Å². The summed E-state index contributed by atoms with van der Waals surface area (Å²) in [4.78, 5) is 11.5. The van der Waals surface area contributed by atoms with Crippen molar-refractivity contribution in [3.05, 3.63) is 29.8 Å². The lowest BCUT2D eigenvalue weighted by atomic mass is 9.84. The minimum absolute atomic E-state index is 0.177. The highest BCUT2D eigenvalue weighted by Crippen LogP contribution is 2.31. The van der Waals surface area contributed by atoms with Crippen LogP contribution in [0.2, 0.25) is 0 Å². The molecule has 1 aromatic carbocycles. The van der Waals surface area contributed by atoms with Crippen molar-refractivity contribution in [2.75, 3.05) is 13.7 Å². The number of ether oxygens (including phenoxy) is 2. The van der Waals surface area contributed by atoms with Gasteiger partial charge in [0.25, 0.3) is 0 Å². The van der Waals surface area contributed by atoms with Crippen LogP contribution in [0.4, 0.5) is 13.2 Å². The van der Waals surface area contributed by atoms with E-state index in [2.05, 4.69) is 4.74 Å². The van der Waals surface area contributed by atoms with Crippen LogP contribution in [0.15, 0.2) is 24.3 Å². The highest BCUT2D eigenvalue weighted by Gasteiger charge is 2.32. The molecule has 1 aromatic rings. The van der Waals surface area contributed by atoms with Crippen molar-refractivity contribution >= 4 is 5.91 Å². The smallest absolute Gasteiger partial charge is 0.406 e. The summed E-state index contributed by atoms with van der Waals surface area (Å²) in [6.45, 7) is 1.96. The molecule has 2 atom stereocenters. The quantitative estimate of drug-likeness (QED) is 0.842. The third-order valence-corrected chi connectivity index (χ3v) is 3.16. The van der Waals surface area contributed by atoms with Crippen LogP contribution < -0.4 is 10.5 Å². The van der Waals surface area contributed by atoms with Gasteiger partial charge in [-0.1, -0.05) is 19.1 Å². The molecule has 0 aliphatic rings. The van der Waals surface area contributed by atoms with Crippen molar-refractivity contribution in [3.8, 4) is 5.75 Å². The van der Waals surface area contributed by atoms with Crippen LogP contribution in [0.5, 0.6) is 5.75 Å². The van der Waals surface area contributed by atoms with E-state index in [9.17, 15) is 18.0 Å². The molecule has 0 aromatic heterocycles. The summed E-state index contributed by atoms with van der Waals surface area (Å²) < 4.78 is 45.7. The number of hydrogen-bond acceptors (Lipinski definition) is 3. The van der Waals surface area contributed by atoms with E-state index >= 15 is 0 Å². The minimum atomic E-state index is -4.76. The standard InChI is InChI=1S/C14H18F3NO3/c1-3-11(13(18)19)12(8-20-2)9-5-4-6-10(7-9)21-14(15,16)17/h4-7,11-12H,3,8H2,1-2H3,(H2,18,19)/t11?,12-/m0/s1. The van der Waals surface area contributed by atoms with E-state index in [1.165, 1.54) is 25.3 Å². The van der Waals surface area contributed by atoms with Gasteiger partial charge < -0.3 is 15.2 Å². The van der Waals surface area contributed by atoms with Crippen LogP contribution >= 0.6 is 0 Å². The number of rotatable bonds is 7. The van der Waals surface area contributed by atoms with Crippen molar-refractivity contribution in [3.63, 3.8) is 0 Å². The third kappa shape index (κ3) is 5.26. The van der Waals surface area contributed by atoms with Crippen molar-refractivity contribution in [2.24, 2.45) is 11.7 Å². The Labute approximate surface area is 121 Å². The molecule has 0 fully saturated rings. The summed E-state index contributed by atoms with van der Waals surface area (Å²) in [5.74, 6) is -1.79. The number of alkyl halides is 3. The SMILES string of the molecule is CCC(C(N)=O)[C@@H](COC)c1cccc(OC(F)(F)F)c1. The largest absolute Gasteiger partial charge is 0.573 e. The lowest BCUT2D eigenvalue weighted by molar-refractivity contribution is -0.274. The number of nitrogens with two attached hydrogens (primary N) is 1. The molecule has 0 bridgehead atoms. The predicted molar refractivity (Wildman–Crippen MR) is 70.7 cm³/mol. The Balaban J connectivity index is 3.08. The second-order valence-corrected chi connectivity index (χ2v) is 4.60. The number of carbonyl (C=O) groups is 1. The average molecular weight is 305 g/mol. The molecule has 0 aliphatic heterocycles. The Morgan fingerprint density at radius 2 is 2.05 bits per heavy atom. The molecule has 1 unspecified atom stereocenters. The molecule has 0 spiro atoms. The maximum Gasteiger partial charge on any atom is 0.573 e. The molecule has 118 valence electrons. The first kappa shape index (κ1) is 17.3. The fourth-order valence-corrected chi connectivity index (χ4v) is 2.25. The molecule has 2 N–H and O–H groups in total. The average Bonchev–Trinajstić information content (AvgIpc) is 2.36. The van der Waals surface area contributed by atoms with Crippen LogP contribution in [0.3, 0.4) is 0 Å². The second-order valence-electron chi connectivity index (χ2n) is 4.60. The Bertz CT molecular complexity index is 477. The van der Waals surface area contributed by atoms with Gasteiger partial charge in [0.05, 0.1) is 6.61 Å². The van der Waals surface area contributed by atoms with E-state index in [1.54, 1.807) is 13.0 Å². The van der Waals surface area contributed by atoms with Crippen molar-refractivity contribution in [2.45, 2.75) is 25.6 Å². The molecular formula is C14H18F3NO3. The summed E-state index contributed by atoms with van der Waals surface area (Å²) in [6.07, 6.45) is -4.29. The molecule has 1 rings (SSSR count). The van der Waals surface area contributed by atoms with Crippen LogP contribution in [0.25, 0.3) is 0 Å². The zero-order valence-corrected chi connectivity index (χ0v) is 11.8. The van der Waals surface area contributed by atoms with Gasteiger partial charge in [0.1, 0.15) is 5.75 Å². The highest BCUT2D eigenvalue weighted by atomic mass is 19.4. The van der Waals surface area contributed by atoms with Gasteiger partial charge in [-0.2, -0.15) is 0 Å². The summed E-state index contributed by atoms with van der Waals surface area (Å²) in [6, 6.07) is 5.51. The van der Waals surface area contributed by atoms with Crippen molar-refractivity contribution in [1.82, 2.24) is 0 Å². The Morgan fingerprint density at radius 1 is 1.38 bits per heavy atom. The van der Waals surface area contributed by atoms with Gasteiger partial charge in [-0.05, 0) is 24.1 Å². The maximum absolute atomic E-state index is 12.3. The lowest BCUT2D eigenvalue weighted by Gasteiger charge is -2.24. The van der Waals surface area contributed by atoms with E-state index in [1.807, 2.05) is 0 Å². The molecule has 0 saturated heterocycles. The number of amides is 1. The molecule has 0 radical (unpaired) electrons. The summed E-state index contributed by atoms with van der Waals surface area (Å²) in [5.41, 5.74) is 5.87. The zero-order chi connectivity index (χ0) is 16.0. The fourth-order valence-electron chi connectivity index (χ4n) is 2.25. The zero-order valence-electron chi connectivity index (χ0n) is 11.8. The normalized spacial score (nSPS) is 14.5. The van der Waals surface area contributed by atoms with Crippen LogP contribution in [0, 0.1) is 5.92 Å². The highest BCUT2D eigenvalue weighted by molar-refractivity contribution is 5.77. The number of halogens is 3. The molecule has 4 nitrogen and oxygen atoms in total. The van der Waals surface area contributed by atoms with Crippen LogP contribution in [0.1, 0.15) is 24.8 Å². The van der Waals surface area contributed by atoms with Crippen LogP contribution in [-0.4, -0.2) is 26.0 Å². The topological polar surface area (TPSA) is 61.6 Å². The molecule has 21 heavy (non-hydrogen) atoms. The number of hydrogen-bond donors (Lipinski definition) is 1. The van der Waals surface area contributed by atoms with E-state index in [0.717, 1.165) is 0 Å². The van der Waals surface area contributed by atoms with Crippen molar-refractivity contribution < 1.29 is 27.4 Å². The Morgan fingerprint density at radius 3 is 2.52 bits per heavy atom. The molecule has 7 heteroatoms. The fraction of sp³-hybridized carbons (Fsp3) is 0.500. The van der Waals surface area contributed by atoms with Gasteiger partial charge in [-0.15, -0.1) is 13.2 Å². The molecule has 0 saturated carbocycles. The minimum Gasteiger partial charge on any atom is -0.406 e. The van der Waals surface area contributed by atoms with Gasteiger partial charge in [0.2, 0.25) is 5.91 Å². The number of carbonyl (C=O) groups excluding carboxylic acids is 1. The molecule has 0 heterocycles. The number of benzene rings is 1. The van der Waals surface area contributed by atoms with Gasteiger partial charge in [0.15, 0.2) is 0 Å².